The molecule has 3 atom stereocenters. The molecule has 0 fully saturated rings. The van der Waals surface area contributed by atoms with E-state index in [4.69, 9.17) is 38.8 Å². The number of carboxylic acids is 1. The van der Waals surface area contributed by atoms with Crippen molar-refractivity contribution in [3.8, 4) is 11.3 Å². The maximum absolute atomic E-state index is 13.7. The van der Waals surface area contributed by atoms with Gasteiger partial charge in [0.05, 0.1) is 28.8 Å². The number of carboxylic acid groups (broad SMARTS) is 1. The van der Waals surface area contributed by atoms with Crippen molar-refractivity contribution in [1.29, 1.82) is 4.78 Å². The number of hydrogen-bond acceptors (Lipinski definition) is 7. The van der Waals surface area contributed by atoms with E-state index in [1.165, 1.54) is 18.2 Å². The fraction of sp³-hybridized carbons (Fsp3) is 0.389. The molecule has 8 nitrogen and oxygen atoms in total. The SMILES string of the molecule is N=S(=O)(CC[C@H](N)C(=O)O)CCC(O)(c1cnc(-c2ccc(Cl)cc2Cl)cn1)C(F)(F)F. The fourth-order valence-electron chi connectivity index (χ4n) is 2.65. The Labute approximate surface area is 191 Å². The third-order valence-electron chi connectivity index (χ3n) is 4.62. The predicted molar refractivity (Wildman–Crippen MR) is 113 cm³/mol. The van der Waals surface area contributed by atoms with Gasteiger partial charge in [-0.25, -0.2) is 4.21 Å². The number of aromatic nitrogens is 2. The number of nitrogens with one attached hydrogen (secondary N) is 1. The molecule has 0 saturated heterocycles. The van der Waals surface area contributed by atoms with Gasteiger partial charge in [-0.1, -0.05) is 23.2 Å². The molecule has 2 aromatic rings. The van der Waals surface area contributed by atoms with Crippen molar-refractivity contribution in [3.05, 3.63) is 46.3 Å². The van der Waals surface area contributed by atoms with Gasteiger partial charge in [0.25, 0.3) is 0 Å². The third-order valence-corrected chi connectivity index (χ3v) is 6.93. The van der Waals surface area contributed by atoms with Gasteiger partial charge < -0.3 is 15.9 Å². The van der Waals surface area contributed by atoms with Crippen LogP contribution in [0.15, 0.2) is 30.6 Å². The maximum atomic E-state index is 13.7. The Morgan fingerprint density at radius 3 is 2.38 bits per heavy atom. The zero-order valence-corrected chi connectivity index (χ0v) is 18.6. The lowest BCUT2D eigenvalue weighted by atomic mass is 9.96. The van der Waals surface area contributed by atoms with E-state index < -0.39 is 57.1 Å². The van der Waals surface area contributed by atoms with Crippen LogP contribution in [0, 0.1) is 4.78 Å². The summed E-state index contributed by atoms with van der Waals surface area (Å²) in [5, 5.41) is 19.7. The van der Waals surface area contributed by atoms with Crippen molar-refractivity contribution in [1.82, 2.24) is 9.97 Å². The van der Waals surface area contributed by atoms with E-state index in [-0.39, 0.29) is 17.1 Å². The molecule has 0 saturated carbocycles. The smallest absolute Gasteiger partial charge is 0.423 e. The summed E-state index contributed by atoms with van der Waals surface area (Å²) < 4.78 is 61.2. The minimum atomic E-state index is -5.21. The number of nitrogens with two attached hydrogens (primary N) is 1. The van der Waals surface area contributed by atoms with Crippen molar-refractivity contribution < 1.29 is 32.4 Å². The zero-order valence-electron chi connectivity index (χ0n) is 16.3. The largest absolute Gasteiger partial charge is 0.480 e. The quantitative estimate of drug-likeness (QED) is 0.400. The highest BCUT2D eigenvalue weighted by Crippen LogP contribution is 2.41. The van der Waals surface area contributed by atoms with Crippen LogP contribution in [0.2, 0.25) is 10.0 Å². The van der Waals surface area contributed by atoms with Crippen molar-refractivity contribution in [2.24, 2.45) is 5.73 Å². The number of hydrogen-bond donors (Lipinski definition) is 4. The summed E-state index contributed by atoms with van der Waals surface area (Å²) in [6, 6.07) is 3.02. The summed E-state index contributed by atoms with van der Waals surface area (Å²) in [4.78, 5) is 18.3. The summed E-state index contributed by atoms with van der Waals surface area (Å²) in [6.45, 7) is 0. The Hall–Kier alpha value is -1.99. The molecule has 1 heterocycles. The normalized spacial score (nSPS) is 16.7. The minimum Gasteiger partial charge on any atom is -0.480 e. The molecule has 0 aliphatic rings. The molecule has 2 unspecified atom stereocenters. The molecule has 0 aliphatic heterocycles. The number of rotatable bonds is 9. The van der Waals surface area contributed by atoms with Gasteiger partial charge in [0.15, 0.2) is 0 Å². The molecule has 1 aromatic carbocycles. The fourth-order valence-corrected chi connectivity index (χ4v) is 4.62. The molecule has 2 rings (SSSR count). The van der Waals surface area contributed by atoms with E-state index in [1.807, 2.05) is 0 Å². The van der Waals surface area contributed by atoms with Crippen LogP contribution >= 0.6 is 23.2 Å². The highest BCUT2D eigenvalue weighted by Gasteiger charge is 2.56. The van der Waals surface area contributed by atoms with Gasteiger partial charge in [-0.15, -0.1) is 0 Å². The first kappa shape index (κ1) is 26.3. The molecule has 14 heteroatoms. The molecule has 0 bridgehead atoms. The Kier molecular flexibility index (Phi) is 8.10. The monoisotopic (exact) mass is 514 g/mol. The Morgan fingerprint density at radius 1 is 1.22 bits per heavy atom. The van der Waals surface area contributed by atoms with E-state index in [2.05, 4.69) is 9.97 Å². The summed E-state index contributed by atoms with van der Waals surface area (Å²) in [7, 11) is -3.65. The number of aliphatic carboxylic acids is 1. The van der Waals surface area contributed by atoms with E-state index in [0.29, 0.717) is 10.6 Å². The summed E-state index contributed by atoms with van der Waals surface area (Å²) in [5.41, 5.74) is 1.38. The molecular weight excluding hydrogens is 496 g/mol. The van der Waals surface area contributed by atoms with E-state index in [0.717, 1.165) is 12.4 Å². The number of aliphatic hydroxyl groups is 1. The van der Waals surface area contributed by atoms with Gasteiger partial charge in [0, 0.05) is 38.2 Å². The molecule has 0 aliphatic carbocycles. The standard InChI is InChI=1S/C18H19Cl2F3N4O4S/c19-10-1-2-11(12(20)7-10)14-8-27-15(9-26-14)17(30,18(21,22)23)4-6-32(25,31)5-3-13(24)16(28)29/h1-2,7-9,13,25,30H,3-6,24H2,(H,28,29)/t13-,17?,32?/m0/s1. The molecule has 32 heavy (non-hydrogen) atoms. The van der Waals surface area contributed by atoms with E-state index in [9.17, 15) is 27.3 Å². The minimum absolute atomic E-state index is 0.131. The number of carbonyl (C=O) groups is 1. The van der Waals surface area contributed by atoms with Crippen LogP contribution < -0.4 is 5.73 Å². The van der Waals surface area contributed by atoms with Gasteiger partial charge in [-0.05, 0) is 24.6 Å². The molecule has 176 valence electrons. The highest BCUT2D eigenvalue weighted by molar-refractivity contribution is 7.92. The lowest BCUT2D eigenvalue weighted by molar-refractivity contribution is -0.269. The van der Waals surface area contributed by atoms with Gasteiger partial charge in [0.1, 0.15) is 6.04 Å². The third kappa shape index (κ3) is 6.29. The molecule has 0 amide bonds. The van der Waals surface area contributed by atoms with Crippen molar-refractivity contribution in [3.63, 3.8) is 0 Å². The first-order valence-corrected chi connectivity index (χ1v) is 11.6. The number of benzene rings is 1. The second-order valence-corrected chi connectivity index (χ2v) is 10.3. The lowest BCUT2D eigenvalue weighted by Gasteiger charge is -2.30. The summed E-state index contributed by atoms with van der Waals surface area (Å²) in [6.07, 6.45) is -5.01. The number of nitrogens with zero attached hydrogens (tertiary/aromatic N) is 2. The summed E-state index contributed by atoms with van der Waals surface area (Å²) >= 11 is 11.9. The topological polar surface area (TPSA) is 150 Å². The first-order valence-electron chi connectivity index (χ1n) is 8.96. The van der Waals surface area contributed by atoms with Crippen molar-refractivity contribution >= 4 is 38.9 Å². The van der Waals surface area contributed by atoms with Crippen molar-refractivity contribution in [2.75, 3.05) is 11.5 Å². The Morgan fingerprint density at radius 2 is 1.88 bits per heavy atom. The maximum Gasteiger partial charge on any atom is 0.423 e. The molecule has 1 aromatic heterocycles. The highest BCUT2D eigenvalue weighted by atomic mass is 35.5. The van der Waals surface area contributed by atoms with Crippen LogP contribution in [0.3, 0.4) is 0 Å². The molecule has 0 radical (unpaired) electrons. The predicted octanol–water partition coefficient (Wildman–Crippen LogP) is 3.44. The Bertz CT molecular complexity index is 1080. The first-order chi connectivity index (χ1) is 14.7. The lowest BCUT2D eigenvalue weighted by Crippen LogP contribution is -2.44. The van der Waals surface area contributed by atoms with Gasteiger partial charge in [-0.2, -0.15) is 13.2 Å². The Balaban J connectivity index is 2.26. The van der Waals surface area contributed by atoms with E-state index in [1.54, 1.807) is 0 Å². The molecular formula is C18H19Cl2F3N4O4S. The number of halogens is 5. The summed E-state index contributed by atoms with van der Waals surface area (Å²) in [5.74, 6) is -2.78. The average molecular weight is 515 g/mol. The van der Waals surface area contributed by atoms with Gasteiger partial charge >= 0.3 is 12.1 Å². The van der Waals surface area contributed by atoms with Crippen LogP contribution in [0.25, 0.3) is 11.3 Å². The van der Waals surface area contributed by atoms with Gasteiger partial charge in [0.2, 0.25) is 5.60 Å². The second kappa shape index (κ2) is 9.87. The van der Waals surface area contributed by atoms with Gasteiger partial charge in [-0.3, -0.25) is 19.5 Å². The average Bonchev–Trinajstić information content (AvgIpc) is 2.69. The molecule has 0 spiro atoms. The number of alkyl halides is 3. The van der Waals surface area contributed by atoms with Crippen LogP contribution in [0.4, 0.5) is 13.2 Å². The van der Waals surface area contributed by atoms with E-state index >= 15 is 0 Å². The molecule has 5 N–H and O–H groups in total. The van der Waals surface area contributed by atoms with Crippen LogP contribution in [0.5, 0.6) is 0 Å². The second-order valence-electron chi connectivity index (χ2n) is 6.97. The zero-order chi connectivity index (χ0) is 24.3. The van der Waals surface area contributed by atoms with Crippen LogP contribution in [-0.2, 0) is 20.1 Å². The van der Waals surface area contributed by atoms with Crippen LogP contribution in [-0.4, -0.2) is 54.1 Å². The van der Waals surface area contributed by atoms with Crippen LogP contribution in [0.1, 0.15) is 18.5 Å². The van der Waals surface area contributed by atoms with Crippen molar-refractivity contribution in [2.45, 2.75) is 30.7 Å².